The van der Waals surface area contributed by atoms with E-state index in [-0.39, 0.29) is 34.6 Å². The van der Waals surface area contributed by atoms with Gasteiger partial charge >= 0.3 is 6.18 Å². The highest BCUT2D eigenvalue weighted by atomic mass is 19.4. The van der Waals surface area contributed by atoms with Crippen LogP contribution in [-0.2, 0) is 13.2 Å². The summed E-state index contributed by atoms with van der Waals surface area (Å²) < 4.78 is 60.2. The third-order valence-electron chi connectivity index (χ3n) is 6.06. The zero-order chi connectivity index (χ0) is 24.4. The predicted molar refractivity (Wildman–Crippen MR) is 123 cm³/mol. The molecule has 0 unspecified atom stereocenters. The fourth-order valence-corrected chi connectivity index (χ4v) is 4.79. The van der Waals surface area contributed by atoms with E-state index in [2.05, 4.69) is 20.7 Å². The van der Waals surface area contributed by atoms with Gasteiger partial charge in [-0.25, -0.2) is 9.37 Å². The molecule has 1 aliphatic heterocycles. The van der Waals surface area contributed by atoms with Crippen LogP contribution in [0.1, 0.15) is 25.1 Å². The van der Waals surface area contributed by atoms with E-state index in [1.165, 1.54) is 21.2 Å². The van der Waals surface area contributed by atoms with Crippen molar-refractivity contribution in [3.63, 3.8) is 0 Å². The Labute approximate surface area is 193 Å². The summed E-state index contributed by atoms with van der Waals surface area (Å²) in [5.74, 6) is -0.576. The van der Waals surface area contributed by atoms with Gasteiger partial charge in [0.15, 0.2) is 17.3 Å². The zero-order valence-electron chi connectivity index (χ0n) is 19.2. The van der Waals surface area contributed by atoms with Crippen molar-refractivity contribution >= 4 is 33.7 Å². The van der Waals surface area contributed by atoms with Crippen LogP contribution in [-0.4, -0.2) is 44.3 Å². The molecular weight excluding hydrogens is 450 g/mol. The lowest BCUT2D eigenvalue weighted by atomic mass is 10.0. The van der Waals surface area contributed by atoms with E-state index in [9.17, 15) is 17.6 Å². The lowest BCUT2D eigenvalue weighted by molar-refractivity contribution is -0.136. The van der Waals surface area contributed by atoms with E-state index in [1.807, 2.05) is 18.7 Å². The van der Waals surface area contributed by atoms with Gasteiger partial charge in [0, 0.05) is 56.4 Å². The van der Waals surface area contributed by atoms with Crippen molar-refractivity contribution in [2.45, 2.75) is 39.0 Å². The molecule has 0 spiro atoms. The van der Waals surface area contributed by atoms with E-state index in [1.54, 1.807) is 32.4 Å². The number of fused-ring (bicyclic) bond motifs is 2. The third-order valence-corrected chi connectivity index (χ3v) is 6.06. The van der Waals surface area contributed by atoms with Gasteiger partial charge in [0.1, 0.15) is 0 Å². The van der Waals surface area contributed by atoms with E-state index >= 15 is 0 Å². The van der Waals surface area contributed by atoms with Crippen molar-refractivity contribution in [3.8, 4) is 0 Å². The molecule has 0 saturated carbocycles. The second-order valence-corrected chi connectivity index (χ2v) is 9.05. The van der Waals surface area contributed by atoms with Gasteiger partial charge in [0.2, 0.25) is 0 Å². The molecule has 1 aromatic carbocycles. The van der Waals surface area contributed by atoms with Crippen LogP contribution in [0.25, 0.3) is 16.6 Å². The number of aryl methyl sites for hydroxylation is 2. The quantitative estimate of drug-likeness (QED) is 0.424. The predicted octanol–water partition coefficient (Wildman–Crippen LogP) is 4.62. The van der Waals surface area contributed by atoms with Gasteiger partial charge in [0.05, 0.1) is 27.8 Å². The highest BCUT2D eigenvalue weighted by Gasteiger charge is 2.36. The van der Waals surface area contributed by atoms with Crippen molar-refractivity contribution in [2.75, 3.05) is 23.3 Å². The molecule has 0 radical (unpaired) electrons. The molecule has 1 saturated heterocycles. The van der Waals surface area contributed by atoms with Crippen molar-refractivity contribution in [1.82, 2.24) is 24.5 Å². The fraction of sp³-hybridized carbons (Fsp3) is 0.391. The SMILES string of the molecule is Cc1cn2cc(Nc3nn(C)c4cc(N5C[C@@H](C)N[C@@H](C)C5)cc(C(F)(F)F)c34)cc(F)c2n1. The van der Waals surface area contributed by atoms with Crippen LogP contribution in [0.4, 0.5) is 34.8 Å². The number of nitrogens with one attached hydrogen (secondary N) is 2. The number of anilines is 3. The Morgan fingerprint density at radius 1 is 1.09 bits per heavy atom. The molecule has 1 fully saturated rings. The molecule has 2 atom stereocenters. The molecule has 3 aromatic heterocycles. The van der Waals surface area contributed by atoms with Crippen LogP contribution in [0.15, 0.2) is 30.6 Å². The van der Waals surface area contributed by atoms with Gasteiger partial charge in [-0.3, -0.25) is 4.68 Å². The summed E-state index contributed by atoms with van der Waals surface area (Å²) in [5.41, 5.74) is 1.10. The Morgan fingerprint density at radius 2 is 1.79 bits per heavy atom. The van der Waals surface area contributed by atoms with E-state index in [4.69, 9.17) is 0 Å². The Bertz CT molecular complexity index is 1380. The number of benzene rings is 1. The molecule has 180 valence electrons. The lowest BCUT2D eigenvalue weighted by Crippen LogP contribution is -2.54. The summed E-state index contributed by atoms with van der Waals surface area (Å²) in [6.07, 6.45) is -1.39. The topological polar surface area (TPSA) is 62.4 Å². The Kier molecular flexibility index (Phi) is 5.19. The first-order valence-electron chi connectivity index (χ1n) is 11.0. The maximum absolute atomic E-state index is 14.5. The fourth-order valence-electron chi connectivity index (χ4n) is 4.79. The maximum Gasteiger partial charge on any atom is 0.417 e. The second-order valence-electron chi connectivity index (χ2n) is 9.05. The summed E-state index contributed by atoms with van der Waals surface area (Å²) in [6, 6.07) is 4.41. The molecule has 7 nitrogen and oxygen atoms in total. The highest BCUT2D eigenvalue weighted by Crippen LogP contribution is 2.41. The maximum atomic E-state index is 14.5. The molecule has 0 amide bonds. The number of aromatic nitrogens is 4. The monoisotopic (exact) mass is 475 g/mol. The number of pyridine rings is 1. The first-order chi connectivity index (χ1) is 16.0. The molecule has 4 aromatic rings. The Hall–Kier alpha value is -3.34. The lowest BCUT2D eigenvalue weighted by Gasteiger charge is -2.38. The van der Waals surface area contributed by atoms with Crippen LogP contribution in [0, 0.1) is 12.7 Å². The highest BCUT2D eigenvalue weighted by molar-refractivity contribution is 5.97. The van der Waals surface area contributed by atoms with Crippen molar-refractivity contribution < 1.29 is 17.6 Å². The number of rotatable bonds is 3. The number of hydrogen-bond donors (Lipinski definition) is 2. The number of imidazole rings is 1. The third kappa shape index (κ3) is 3.93. The summed E-state index contributed by atoms with van der Waals surface area (Å²) in [4.78, 5) is 6.07. The molecule has 2 N–H and O–H groups in total. The van der Waals surface area contributed by atoms with E-state index < -0.39 is 17.6 Å². The van der Waals surface area contributed by atoms with Crippen LogP contribution >= 0.6 is 0 Å². The van der Waals surface area contributed by atoms with Gasteiger partial charge in [-0.2, -0.15) is 18.3 Å². The van der Waals surface area contributed by atoms with Gasteiger partial charge in [0.25, 0.3) is 0 Å². The minimum Gasteiger partial charge on any atom is -0.368 e. The molecule has 0 bridgehead atoms. The van der Waals surface area contributed by atoms with Crippen LogP contribution < -0.4 is 15.5 Å². The zero-order valence-corrected chi connectivity index (χ0v) is 19.2. The average molecular weight is 475 g/mol. The molecule has 5 rings (SSSR count). The summed E-state index contributed by atoms with van der Waals surface area (Å²) in [6.45, 7) is 6.95. The van der Waals surface area contributed by atoms with Crippen molar-refractivity contribution in [3.05, 3.63) is 47.7 Å². The van der Waals surface area contributed by atoms with Gasteiger partial charge in [-0.1, -0.05) is 0 Å². The number of nitrogens with zero attached hydrogens (tertiary/aromatic N) is 5. The molecule has 11 heteroatoms. The van der Waals surface area contributed by atoms with Crippen molar-refractivity contribution in [1.29, 1.82) is 0 Å². The van der Waals surface area contributed by atoms with Crippen LogP contribution in [0.2, 0.25) is 0 Å². The molecule has 1 aliphatic rings. The second kappa shape index (κ2) is 7.86. The average Bonchev–Trinajstić information content (AvgIpc) is 3.25. The van der Waals surface area contributed by atoms with E-state index in [0.29, 0.717) is 30.0 Å². The first kappa shape index (κ1) is 22.5. The molecule has 4 heterocycles. The summed E-state index contributed by atoms with van der Waals surface area (Å²) >= 11 is 0. The number of halogens is 4. The summed E-state index contributed by atoms with van der Waals surface area (Å²) in [7, 11) is 1.60. The van der Waals surface area contributed by atoms with Crippen LogP contribution in [0.5, 0.6) is 0 Å². The van der Waals surface area contributed by atoms with Gasteiger partial charge in [-0.05, 0) is 32.9 Å². The summed E-state index contributed by atoms with van der Waals surface area (Å²) in [5, 5.41) is 10.5. The minimum atomic E-state index is -4.60. The van der Waals surface area contributed by atoms with E-state index in [0.717, 1.165) is 0 Å². The molecule has 34 heavy (non-hydrogen) atoms. The molecule has 0 aliphatic carbocycles. The van der Waals surface area contributed by atoms with Gasteiger partial charge < -0.3 is 19.9 Å². The number of hydrogen-bond acceptors (Lipinski definition) is 5. The van der Waals surface area contributed by atoms with Crippen molar-refractivity contribution in [2.24, 2.45) is 7.05 Å². The molecular formula is C23H25F4N7. The van der Waals surface area contributed by atoms with Crippen LogP contribution in [0.3, 0.4) is 0 Å². The standard InChI is InChI=1S/C23H25F4N7/c1-12-8-33(9-13(2)28-12)16-6-17(23(25,26)27)20-19(7-16)32(4)31-21(20)30-15-5-18(24)22-29-14(3)10-34(22)11-15/h5-7,10-13,28H,8-9H2,1-4H3,(H,30,31)/t12-,13+. The normalized spacial score (nSPS) is 19.4. The Balaban J connectivity index is 1.63. The number of alkyl halides is 3. The minimum absolute atomic E-state index is 0.00834. The first-order valence-corrected chi connectivity index (χ1v) is 11.0. The Morgan fingerprint density at radius 3 is 2.47 bits per heavy atom. The van der Waals surface area contributed by atoms with Gasteiger partial charge in [-0.15, -0.1) is 0 Å². The largest absolute Gasteiger partial charge is 0.417 e. The smallest absolute Gasteiger partial charge is 0.368 e. The number of piperazine rings is 1.